The maximum absolute atomic E-state index is 13.3. The number of piperidine rings is 1. The number of amides is 1. The lowest BCUT2D eigenvalue weighted by atomic mass is 9.99. The van der Waals surface area contributed by atoms with E-state index in [1.165, 1.54) is 12.8 Å². The lowest BCUT2D eigenvalue weighted by Gasteiger charge is -2.35. The average molecular weight is 476 g/mol. The van der Waals surface area contributed by atoms with Gasteiger partial charge in [0.1, 0.15) is 11.4 Å². The first kappa shape index (κ1) is 23.1. The van der Waals surface area contributed by atoms with E-state index in [0.29, 0.717) is 18.8 Å². The van der Waals surface area contributed by atoms with Gasteiger partial charge in [-0.25, -0.2) is 0 Å². The number of aryl methyl sites for hydroxylation is 1. The van der Waals surface area contributed by atoms with Gasteiger partial charge in [0.25, 0.3) is 5.91 Å². The van der Waals surface area contributed by atoms with Crippen molar-refractivity contribution < 1.29 is 9.53 Å². The van der Waals surface area contributed by atoms with E-state index in [1.807, 2.05) is 42.3 Å². The van der Waals surface area contributed by atoms with Gasteiger partial charge >= 0.3 is 0 Å². The number of carbonyl (C=O) groups excluding carboxylic acids is 1. The summed E-state index contributed by atoms with van der Waals surface area (Å²) in [4.78, 5) is 19.7. The molecule has 35 heavy (non-hydrogen) atoms. The molecule has 184 valence electrons. The van der Waals surface area contributed by atoms with Crippen molar-refractivity contribution in [2.24, 2.45) is 13.0 Å². The monoisotopic (exact) mass is 475 g/mol. The summed E-state index contributed by atoms with van der Waals surface area (Å²) in [5.74, 6) is 3.37. The fourth-order valence-electron chi connectivity index (χ4n) is 4.78. The van der Waals surface area contributed by atoms with Crippen LogP contribution in [-0.2, 0) is 7.05 Å². The molecule has 2 aliphatic rings. The molecule has 2 fully saturated rings. The number of hydrogen-bond donors (Lipinski definition) is 0. The van der Waals surface area contributed by atoms with Gasteiger partial charge < -0.3 is 19.4 Å². The molecule has 0 aliphatic carbocycles. The van der Waals surface area contributed by atoms with Crippen LogP contribution < -0.4 is 14.5 Å². The Labute approximate surface area is 206 Å². The molecule has 0 atom stereocenters. The predicted octanol–water partition coefficient (Wildman–Crippen LogP) is 3.08. The fourth-order valence-corrected chi connectivity index (χ4v) is 4.78. The van der Waals surface area contributed by atoms with Gasteiger partial charge in [0.05, 0.1) is 12.8 Å². The van der Waals surface area contributed by atoms with Gasteiger partial charge in [-0.2, -0.15) is 5.10 Å². The van der Waals surface area contributed by atoms with Gasteiger partial charge in [-0.15, -0.1) is 10.2 Å². The van der Waals surface area contributed by atoms with Crippen molar-refractivity contribution in [1.82, 2.24) is 24.9 Å². The number of carbonyl (C=O) groups is 1. The van der Waals surface area contributed by atoms with Crippen LogP contribution in [0.25, 0.3) is 11.3 Å². The Bertz CT molecular complexity index is 1160. The summed E-state index contributed by atoms with van der Waals surface area (Å²) >= 11 is 0. The molecule has 0 saturated carbocycles. The van der Waals surface area contributed by atoms with Gasteiger partial charge in [0.15, 0.2) is 11.6 Å². The quantitative estimate of drug-likeness (QED) is 0.561. The second kappa shape index (κ2) is 9.93. The number of ether oxygens (including phenoxy) is 1. The van der Waals surface area contributed by atoms with Crippen LogP contribution in [0, 0.1) is 5.92 Å². The minimum absolute atomic E-state index is 0.00504. The number of aromatic nitrogens is 4. The van der Waals surface area contributed by atoms with Crippen molar-refractivity contribution in [2.45, 2.75) is 19.8 Å². The Morgan fingerprint density at radius 1 is 0.914 bits per heavy atom. The van der Waals surface area contributed by atoms with Gasteiger partial charge in [-0.1, -0.05) is 19.1 Å². The molecule has 2 aliphatic heterocycles. The van der Waals surface area contributed by atoms with Crippen LogP contribution in [0.3, 0.4) is 0 Å². The molecule has 4 heterocycles. The number of rotatable bonds is 5. The first-order valence-corrected chi connectivity index (χ1v) is 12.3. The molecular formula is C26H33N7O2. The van der Waals surface area contributed by atoms with Gasteiger partial charge in [0.2, 0.25) is 0 Å². The van der Waals surface area contributed by atoms with Gasteiger partial charge in [-0.3, -0.25) is 9.48 Å². The molecule has 2 aromatic heterocycles. The molecular weight excluding hydrogens is 442 g/mol. The van der Waals surface area contributed by atoms with Crippen LogP contribution in [0.4, 0.5) is 11.6 Å². The lowest BCUT2D eigenvalue weighted by Crippen LogP contribution is -2.49. The Morgan fingerprint density at radius 3 is 2.20 bits per heavy atom. The molecule has 5 rings (SSSR count). The van der Waals surface area contributed by atoms with Crippen LogP contribution in [0.5, 0.6) is 5.75 Å². The lowest BCUT2D eigenvalue weighted by molar-refractivity contribution is 0.0735. The van der Waals surface area contributed by atoms with Crippen LogP contribution in [-0.4, -0.2) is 77.2 Å². The Balaban J connectivity index is 1.20. The van der Waals surface area contributed by atoms with Crippen LogP contribution in [0.15, 0.2) is 42.5 Å². The van der Waals surface area contributed by atoms with Gasteiger partial charge in [0, 0.05) is 51.9 Å². The summed E-state index contributed by atoms with van der Waals surface area (Å²) in [5, 5.41) is 13.6. The smallest absolute Gasteiger partial charge is 0.272 e. The third-order valence-corrected chi connectivity index (χ3v) is 7.10. The summed E-state index contributed by atoms with van der Waals surface area (Å²) in [5.41, 5.74) is 2.26. The van der Waals surface area contributed by atoms with E-state index in [0.717, 1.165) is 60.7 Å². The fraction of sp³-hybridized carbons (Fsp3) is 0.462. The maximum atomic E-state index is 13.3. The zero-order valence-corrected chi connectivity index (χ0v) is 20.7. The molecule has 9 heteroatoms. The zero-order chi connectivity index (χ0) is 24.4. The summed E-state index contributed by atoms with van der Waals surface area (Å²) in [6, 6.07) is 13.7. The third kappa shape index (κ3) is 4.94. The summed E-state index contributed by atoms with van der Waals surface area (Å²) in [7, 11) is 3.45. The normalized spacial score (nSPS) is 17.1. The molecule has 0 spiro atoms. The first-order valence-electron chi connectivity index (χ1n) is 12.3. The van der Waals surface area contributed by atoms with Crippen molar-refractivity contribution in [3.8, 4) is 17.0 Å². The van der Waals surface area contributed by atoms with Crippen LogP contribution in [0.2, 0.25) is 0 Å². The molecule has 0 N–H and O–H groups in total. The Morgan fingerprint density at radius 2 is 1.57 bits per heavy atom. The molecule has 1 amide bonds. The van der Waals surface area contributed by atoms with Crippen molar-refractivity contribution in [3.63, 3.8) is 0 Å². The highest BCUT2D eigenvalue weighted by Gasteiger charge is 2.26. The minimum Gasteiger partial charge on any atom is -0.497 e. The second-order valence-electron chi connectivity index (χ2n) is 9.47. The molecule has 0 unspecified atom stereocenters. The predicted molar refractivity (Wildman–Crippen MR) is 136 cm³/mol. The van der Waals surface area contributed by atoms with E-state index in [9.17, 15) is 4.79 Å². The van der Waals surface area contributed by atoms with E-state index >= 15 is 0 Å². The number of methoxy groups -OCH3 is 1. The summed E-state index contributed by atoms with van der Waals surface area (Å²) in [6.45, 7) is 7.11. The number of benzene rings is 1. The highest BCUT2D eigenvalue weighted by Crippen LogP contribution is 2.25. The first-order chi connectivity index (χ1) is 17.0. The average Bonchev–Trinajstić information content (AvgIpc) is 3.30. The van der Waals surface area contributed by atoms with E-state index in [-0.39, 0.29) is 5.91 Å². The highest BCUT2D eigenvalue weighted by molar-refractivity contribution is 5.94. The van der Waals surface area contributed by atoms with Crippen LogP contribution >= 0.6 is 0 Å². The molecule has 2 saturated heterocycles. The zero-order valence-electron chi connectivity index (χ0n) is 20.7. The second-order valence-corrected chi connectivity index (χ2v) is 9.47. The molecule has 1 aromatic carbocycles. The summed E-state index contributed by atoms with van der Waals surface area (Å²) in [6.07, 6.45) is 2.41. The molecule has 0 radical (unpaired) electrons. The summed E-state index contributed by atoms with van der Waals surface area (Å²) < 4.78 is 6.98. The number of anilines is 2. The van der Waals surface area contributed by atoms with Crippen molar-refractivity contribution in [1.29, 1.82) is 0 Å². The van der Waals surface area contributed by atoms with E-state index in [2.05, 4.69) is 44.2 Å². The van der Waals surface area contributed by atoms with Crippen molar-refractivity contribution in [2.75, 3.05) is 56.2 Å². The molecule has 3 aromatic rings. The number of nitrogens with zero attached hydrogens (tertiary/aromatic N) is 7. The Kier molecular flexibility index (Phi) is 6.57. The van der Waals surface area contributed by atoms with Gasteiger partial charge in [-0.05, 0) is 49.1 Å². The highest BCUT2D eigenvalue weighted by atomic mass is 16.5. The van der Waals surface area contributed by atoms with Crippen molar-refractivity contribution in [3.05, 3.63) is 48.2 Å². The molecule has 9 nitrogen and oxygen atoms in total. The van der Waals surface area contributed by atoms with Crippen molar-refractivity contribution >= 4 is 17.5 Å². The number of piperazine rings is 1. The van der Waals surface area contributed by atoms with Crippen LogP contribution in [0.1, 0.15) is 30.3 Å². The van der Waals surface area contributed by atoms with E-state index in [1.54, 1.807) is 11.8 Å². The Hall–Kier alpha value is -3.62. The SMILES string of the molecule is COc1cccc(-c2cc(C(=O)N3CCN(c4ccc(N5CCC(C)CC5)nn4)CC3)n(C)n2)c1. The third-order valence-electron chi connectivity index (χ3n) is 7.10. The number of hydrogen-bond acceptors (Lipinski definition) is 7. The van der Waals surface area contributed by atoms with E-state index in [4.69, 9.17) is 4.74 Å². The standard InChI is InChI=1S/C26H33N7O2/c1-19-9-11-31(12-10-19)24-7-8-25(28-27-24)32-13-15-33(16-14-32)26(34)23-18-22(29-30(23)2)20-5-4-6-21(17-20)35-3/h4-8,17-19H,9-16H2,1-3H3. The minimum atomic E-state index is -0.00504. The topological polar surface area (TPSA) is 79.6 Å². The molecule has 0 bridgehead atoms. The largest absolute Gasteiger partial charge is 0.497 e. The maximum Gasteiger partial charge on any atom is 0.272 e. The van der Waals surface area contributed by atoms with E-state index < -0.39 is 0 Å².